The van der Waals surface area contributed by atoms with Crippen LogP contribution in [0, 0.1) is 0 Å². The van der Waals surface area contributed by atoms with Gasteiger partial charge in [0.2, 0.25) is 0 Å². The van der Waals surface area contributed by atoms with E-state index in [1.165, 1.54) is 6.07 Å². The van der Waals surface area contributed by atoms with Crippen molar-refractivity contribution in [1.82, 2.24) is 10.2 Å². The Morgan fingerprint density at radius 3 is 2.47 bits per heavy atom. The number of hydrogen-bond acceptors (Lipinski definition) is 3. The first kappa shape index (κ1) is 14.6. The van der Waals surface area contributed by atoms with E-state index in [0.29, 0.717) is 0 Å². The van der Waals surface area contributed by atoms with Crippen LogP contribution in [0.25, 0.3) is 0 Å². The number of phenolic OH excluding ortho intramolecular Hbond substituents is 1. The number of piperazine rings is 1. The van der Waals surface area contributed by atoms with E-state index in [2.05, 4.69) is 21.2 Å². The van der Waals surface area contributed by atoms with Crippen LogP contribution in [0.5, 0.6) is 5.75 Å². The number of phenols is 1. The molecule has 2 rings (SSSR count). The number of halogens is 4. The summed E-state index contributed by atoms with van der Waals surface area (Å²) in [5.41, 5.74) is -0.592. The zero-order chi connectivity index (χ0) is 14.0. The molecule has 0 aliphatic carbocycles. The summed E-state index contributed by atoms with van der Waals surface area (Å²) in [5.74, 6) is -0.392. The van der Waals surface area contributed by atoms with Crippen LogP contribution >= 0.6 is 15.9 Å². The minimum absolute atomic E-state index is 0.180. The van der Waals surface area contributed by atoms with E-state index in [1.54, 1.807) is 0 Å². The van der Waals surface area contributed by atoms with Gasteiger partial charge in [-0.05, 0) is 33.6 Å². The fourth-order valence-corrected chi connectivity index (χ4v) is 2.50. The van der Waals surface area contributed by atoms with Crippen molar-refractivity contribution in [1.29, 1.82) is 0 Å². The third kappa shape index (κ3) is 3.61. The van der Waals surface area contributed by atoms with Crippen LogP contribution in [0.3, 0.4) is 0 Å². The van der Waals surface area contributed by atoms with Crippen LogP contribution in [-0.4, -0.2) is 36.2 Å². The zero-order valence-electron chi connectivity index (χ0n) is 10.1. The first-order valence-electron chi connectivity index (χ1n) is 5.89. The molecule has 1 fully saturated rings. The van der Waals surface area contributed by atoms with Gasteiger partial charge in [0.25, 0.3) is 0 Å². The minimum Gasteiger partial charge on any atom is -0.507 e. The first-order chi connectivity index (χ1) is 8.88. The van der Waals surface area contributed by atoms with Gasteiger partial charge in [-0.2, -0.15) is 13.2 Å². The number of aromatic hydroxyl groups is 1. The van der Waals surface area contributed by atoms with Crippen molar-refractivity contribution in [3.63, 3.8) is 0 Å². The summed E-state index contributed by atoms with van der Waals surface area (Å²) < 4.78 is 39.2. The van der Waals surface area contributed by atoms with Crippen LogP contribution in [0.4, 0.5) is 13.2 Å². The van der Waals surface area contributed by atoms with Gasteiger partial charge in [-0.3, -0.25) is 4.90 Å². The van der Waals surface area contributed by atoms with Gasteiger partial charge < -0.3 is 10.4 Å². The molecule has 0 radical (unpaired) electrons. The van der Waals surface area contributed by atoms with Crippen molar-refractivity contribution in [3.05, 3.63) is 27.7 Å². The molecule has 0 saturated carbocycles. The Hall–Kier alpha value is -0.790. The largest absolute Gasteiger partial charge is 0.507 e. The average molecular weight is 339 g/mol. The third-order valence-electron chi connectivity index (χ3n) is 3.08. The van der Waals surface area contributed by atoms with E-state index in [4.69, 9.17) is 0 Å². The number of hydrogen-bond donors (Lipinski definition) is 2. The molecular formula is C12H14BrF3N2O. The molecule has 106 valence electrons. The molecule has 0 unspecified atom stereocenters. The summed E-state index contributed by atoms with van der Waals surface area (Å²) in [6.07, 6.45) is -4.46. The molecule has 0 atom stereocenters. The zero-order valence-corrected chi connectivity index (χ0v) is 11.7. The van der Waals surface area contributed by atoms with Crippen molar-refractivity contribution in [2.75, 3.05) is 26.2 Å². The lowest BCUT2D eigenvalue weighted by Gasteiger charge is -2.28. The molecular weight excluding hydrogens is 325 g/mol. The lowest BCUT2D eigenvalue weighted by molar-refractivity contribution is -0.138. The Labute approximate surface area is 117 Å². The predicted molar refractivity (Wildman–Crippen MR) is 69.0 cm³/mol. The molecule has 19 heavy (non-hydrogen) atoms. The van der Waals surface area contributed by atoms with Crippen LogP contribution in [-0.2, 0) is 12.7 Å². The molecule has 0 amide bonds. The number of nitrogens with one attached hydrogen (secondary N) is 1. The van der Waals surface area contributed by atoms with E-state index < -0.39 is 17.5 Å². The normalized spacial score (nSPS) is 17.7. The second kappa shape index (κ2) is 5.68. The summed E-state index contributed by atoms with van der Waals surface area (Å²) in [6, 6.07) is 2.13. The van der Waals surface area contributed by atoms with E-state index >= 15 is 0 Å². The van der Waals surface area contributed by atoms with Gasteiger partial charge >= 0.3 is 6.18 Å². The highest BCUT2D eigenvalue weighted by atomic mass is 79.9. The maximum atomic E-state index is 13.0. The molecule has 2 N–H and O–H groups in total. The number of benzene rings is 1. The van der Waals surface area contributed by atoms with E-state index in [9.17, 15) is 18.3 Å². The maximum Gasteiger partial charge on any atom is 0.416 e. The lowest BCUT2D eigenvalue weighted by atomic mass is 10.1. The molecule has 0 spiro atoms. The van der Waals surface area contributed by atoms with Crippen molar-refractivity contribution >= 4 is 15.9 Å². The quantitative estimate of drug-likeness (QED) is 0.870. The van der Waals surface area contributed by atoms with E-state index in [0.717, 1.165) is 32.2 Å². The maximum absolute atomic E-state index is 13.0. The summed E-state index contributed by atoms with van der Waals surface area (Å²) in [7, 11) is 0. The van der Waals surface area contributed by atoms with Gasteiger partial charge in [0.05, 0.1) is 10.0 Å². The lowest BCUT2D eigenvalue weighted by Crippen LogP contribution is -2.43. The highest BCUT2D eigenvalue weighted by Crippen LogP contribution is 2.38. The Balaban J connectivity index is 2.29. The van der Waals surface area contributed by atoms with E-state index in [1.807, 2.05) is 4.90 Å². The van der Waals surface area contributed by atoms with Crippen LogP contribution in [0.15, 0.2) is 16.6 Å². The van der Waals surface area contributed by atoms with Gasteiger partial charge in [0.1, 0.15) is 5.75 Å². The summed E-state index contributed by atoms with van der Waals surface area (Å²) in [4.78, 5) is 1.96. The molecule has 0 bridgehead atoms. The van der Waals surface area contributed by atoms with Gasteiger partial charge in [-0.15, -0.1) is 0 Å². The third-order valence-corrected chi connectivity index (χ3v) is 3.72. The molecule has 1 heterocycles. The average Bonchev–Trinajstić information content (AvgIpc) is 2.33. The van der Waals surface area contributed by atoms with Crippen molar-refractivity contribution in [2.24, 2.45) is 0 Å². The molecule has 1 saturated heterocycles. The van der Waals surface area contributed by atoms with Gasteiger partial charge in [0.15, 0.2) is 0 Å². The van der Waals surface area contributed by atoms with Gasteiger partial charge in [0, 0.05) is 32.7 Å². The standard InChI is InChI=1S/C12H14BrF3N2O/c13-10-5-8(7-18-3-1-17-2-4-18)9(6-11(10)19)12(14,15)16/h5-6,17,19H,1-4,7H2. The first-order valence-corrected chi connectivity index (χ1v) is 6.69. The monoisotopic (exact) mass is 338 g/mol. The molecule has 1 aromatic rings. The topological polar surface area (TPSA) is 35.5 Å². The fourth-order valence-electron chi connectivity index (χ4n) is 2.11. The summed E-state index contributed by atoms with van der Waals surface area (Å²) >= 11 is 3.06. The van der Waals surface area contributed by atoms with E-state index in [-0.39, 0.29) is 16.6 Å². The fraction of sp³-hybridized carbons (Fsp3) is 0.500. The molecule has 0 aromatic heterocycles. The number of nitrogens with zero attached hydrogens (tertiary/aromatic N) is 1. The SMILES string of the molecule is Oc1cc(C(F)(F)F)c(CN2CCNCC2)cc1Br. The van der Waals surface area contributed by atoms with Gasteiger partial charge in [-0.25, -0.2) is 0 Å². The summed E-state index contributed by atoms with van der Waals surface area (Å²) in [5, 5.41) is 12.6. The Bertz CT molecular complexity index is 459. The molecule has 1 aliphatic rings. The van der Waals surface area contributed by atoms with Crippen LogP contribution < -0.4 is 5.32 Å². The second-order valence-electron chi connectivity index (χ2n) is 4.48. The smallest absolute Gasteiger partial charge is 0.416 e. The number of alkyl halides is 3. The Morgan fingerprint density at radius 2 is 1.89 bits per heavy atom. The molecule has 7 heteroatoms. The predicted octanol–water partition coefficient (Wildman–Crippen LogP) is 2.58. The van der Waals surface area contributed by atoms with Crippen LogP contribution in [0.2, 0.25) is 0 Å². The van der Waals surface area contributed by atoms with Crippen molar-refractivity contribution in [2.45, 2.75) is 12.7 Å². The Morgan fingerprint density at radius 1 is 1.26 bits per heavy atom. The molecule has 1 aliphatic heterocycles. The highest BCUT2D eigenvalue weighted by Gasteiger charge is 2.34. The number of rotatable bonds is 2. The summed E-state index contributed by atoms with van der Waals surface area (Å²) in [6.45, 7) is 3.22. The van der Waals surface area contributed by atoms with Crippen molar-refractivity contribution in [3.8, 4) is 5.75 Å². The minimum atomic E-state index is -4.46. The van der Waals surface area contributed by atoms with Crippen LogP contribution in [0.1, 0.15) is 11.1 Å². The second-order valence-corrected chi connectivity index (χ2v) is 5.34. The van der Waals surface area contributed by atoms with Crippen molar-refractivity contribution < 1.29 is 18.3 Å². The Kier molecular flexibility index (Phi) is 4.37. The molecule has 3 nitrogen and oxygen atoms in total. The van der Waals surface area contributed by atoms with Gasteiger partial charge in [-0.1, -0.05) is 0 Å². The highest BCUT2D eigenvalue weighted by molar-refractivity contribution is 9.10. The molecule has 1 aromatic carbocycles.